The molecule has 25 heavy (non-hydrogen) atoms. The number of nitrogens with one attached hydrogen (secondary N) is 1. The van der Waals surface area contributed by atoms with E-state index in [1.807, 2.05) is 0 Å². The summed E-state index contributed by atoms with van der Waals surface area (Å²) in [6.07, 6.45) is 1.49. The Morgan fingerprint density at radius 3 is 2.40 bits per heavy atom. The highest BCUT2D eigenvalue weighted by Crippen LogP contribution is 2.35. The van der Waals surface area contributed by atoms with Gasteiger partial charge in [-0.2, -0.15) is 13.2 Å². The van der Waals surface area contributed by atoms with Gasteiger partial charge in [0.25, 0.3) is 9.84 Å². The van der Waals surface area contributed by atoms with Crippen LogP contribution in [0.25, 0.3) is 0 Å². The van der Waals surface area contributed by atoms with Crippen molar-refractivity contribution >= 4 is 43.6 Å². The average molecular weight is 412 g/mol. The fraction of sp³-hybridized carbons (Fsp3) is 0.200. The molecular formula is C15H13ClF3NO3S2. The first kappa shape index (κ1) is 19.7. The zero-order valence-corrected chi connectivity index (χ0v) is 15.2. The summed E-state index contributed by atoms with van der Waals surface area (Å²) >= 11 is 6.00. The summed E-state index contributed by atoms with van der Waals surface area (Å²) in [5, 5.41) is 3.01. The SMILES string of the molecule is CS(=O)Cc1cc(Nc2ccccc2S(=O)(=O)C(F)(F)F)ccc1Cl. The predicted molar refractivity (Wildman–Crippen MR) is 92.2 cm³/mol. The maximum absolute atomic E-state index is 12.8. The summed E-state index contributed by atoms with van der Waals surface area (Å²) in [5.41, 5.74) is -4.77. The van der Waals surface area contributed by atoms with Crippen molar-refractivity contribution in [1.82, 2.24) is 0 Å². The Bertz CT molecular complexity index is 914. The van der Waals surface area contributed by atoms with E-state index in [2.05, 4.69) is 5.32 Å². The standard InChI is InChI=1S/C15H13ClF3NO3S2/c1-24(21)9-10-8-11(6-7-12(10)16)20-13-4-2-3-5-14(13)25(22,23)15(17,18)19/h2-8,20H,9H2,1H3. The van der Waals surface area contributed by atoms with Crippen LogP contribution in [0.5, 0.6) is 0 Å². The summed E-state index contributed by atoms with van der Waals surface area (Å²) in [7, 11) is -6.67. The molecule has 0 aliphatic carbocycles. The van der Waals surface area contributed by atoms with Crippen LogP contribution in [0.3, 0.4) is 0 Å². The Hall–Kier alpha value is -1.58. The molecule has 0 aromatic heterocycles. The van der Waals surface area contributed by atoms with E-state index in [1.165, 1.54) is 42.7 Å². The first-order valence-corrected chi connectivity index (χ1v) is 10.4. The Morgan fingerprint density at radius 1 is 1.16 bits per heavy atom. The molecule has 2 aromatic carbocycles. The van der Waals surface area contributed by atoms with Crippen LogP contribution in [-0.4, -0.2) is 24.4 Å². The van der Waals surface area contributed by atoms with Crippen LogP contribution < -0.4 is 5.32 Å². The van der Waals surface area contributed by atoms with E-state index in [-0.39, 0.29) is 11.4 Å². The summed E-state index contributed by atoms with van der Waals surface area (Å²) in [4.78, 5) is -0.877. The molecule has 0 saturated heterocycles. The van der Waals surface area contributed by atoms with Crippen LogP contribution in [0.1, 0.15) is 5.56 Å². The number of para-hydroxylation sites is 1. The fourth-order valence-corrected chi connectivity index (χ4v) is 3.92. The number of sulfone groups is 1. The molecule has 4 nitrogen and oxygen atoms in total. The fourth-order valence-electron chi connectivity index (χ4n) is 2.07. The number of alkyl halides is 3. The number of hydrogen-bond donors (Lipinski definition) is 1. The lowest BCUT2D eigenvalue weighted by molar-refractivity contribution is -0.0435. The highest BCUT2D eigenvalue weighted by molar-refractivity contribution is 7.92. The molecule has 2 rings (SSSR count). The van der Waals surface area contributed by atoms with Crippen LogP contribution in [-0.2, 0) is 26.4 Å². The summed E-state index contributed by atoms with van der Waals surface area (Å²) < 4.78 is 73.3. The number of hydrogen-bond acceptors (Lipinski definition) is 4. The highest BCUT2D eigenvalue weighted by Gasteiger charge is 2.47. The summed E-state index contributed by atoms with van der Waals surface area (Å²) in [6.45, 7) is 0. The van der Waals surface area contributed by atoms with Crippen molar-refractivity contribution in [2.75, 3.05) is 11.6 Å². The molecule has 0 heterocycles. The van der Waals surface area contributed by atoms with Crippen molar-refractivity contribution in [1.29, 1.82) is 0 Å². The van der Waals surface area contributed by atoms with E-state index in [0.717, 1.165) is 6.07 Å². The second-order valence-corrected chi connectivity index (χ2v) is 8.85. The lowest BCUT2D eigenvalue weighted by Crippen LogP contribution is -2.24. The summed E-state index contributed by atoms with van der Waals surface area (Å²) in [6, 6.07) is 9.22. The first-order valence-electron chi connectivity index (χ1n) is 6.78. The monoisotopic (exact) mass is 411 g/mol. The zero-order valence-electron chi connectivity index (χ0n) is 12.8. The lowest BCUT2D eigenvalue weighted by Gasteiger charge is -2.15. The topological polar surface area (TPSA) is 63.2 Å². The third-order valence-corrected chi connectivity index (χ3v) is 5.80. The Labute approximate surface area is 150 Å². The number of halogens is 4. The van der Waals surface area contributed by atoms with Gasteiger partial charge in [0, 0.05) is 33.5 Å². The van der Waals surface area contributed by atoms with Gasteiger partial charge in [-0.15, -0.1) is 0 Å². The minimum atomic E-state index is -5.50. The molecule has 0 fully saturated rings. The molecule has 0 radical (unpaired) electrons. The van der Waals surface area contributed by atoms with Gasteiger partial charge in [0.1, 0.15) is 0 Å². The molecule has 1 N–H and O–H groups in total. The molecule has 0 aliphatic rings. The van der Waals surface area contributed by atoms with Crippen molar-refractivity contribution < 1.29 is 25.8 Å². The van der Waals surface area contributed by atoms with Gasteiger partial charge in [-0.25, -0.2) is 8.42 Å². The summed E-state index contributed by atoms with van der Waals surface area (Å²) in [5.74, 6) is 0.164. The van der Waals surface area contributed by atoms with Crippen LogP contribution in [0.4, 0.5) is 24.5 Å². The van der Waals surface area contributed by atoms with E-state index in [9.17, 15) is 25.8 Å². The third-order valence-electron chi connectivity index (χ3n) is 3.16. The van der Waals surface area contributed by atoms with E-state index >= 15 is 0 Å². The van der Waals surface area contributed by atoms with E-state index in [4.69, 9.17) is 11.6 Å². The van der Waals surface area contributed by atoms with Crippen molar-refractivity contribution in [3.8, 4) is 0 Å². The number of rotatable bonds is 5. The minimum Gasteiger partial charge on any atom is -0.354 e. The molecule has 2 aromatic rings. The largest absolute Gasteiger partial charge is 0.501 e. The van der Waals surface area contributed by atoms with E-state index in [1.54, 1.807) is 0 Å². The predicted octanol–water partition coefficient (Wildman–Crippen LogP) is 4.26. The van der Waals surface area contributed by atoms with E-state index < -0.39 is 31.0 Å². The number of anilines is 2. The normalized spacial score (nSPS) is 13.5. The Kier molecular flexibility index (Phi) is 5.80. The maximum Gasteiger partial charge on any atom is 0.501 e. The van der Waals surface area contributed by atoms with Gasteiger partial charge in [0.2, 0.25) is 0 Å². The molecule has 0 saturated carbocycles. The van der Waals surface area contributed by atoms with Gasteiger partial charge < -0.3 is 5.32 Å². The first-order chi connectivity index (χ1) is 11.5. The lowest BCUT2D eigenvalue weighted by atomic mass is 10.2. The van der Waals surface area contributed by atoms with Crippen molar-refractivity contribution in [2.45, 2.75) is 16.2 Å². The van der Waals surface area contributed by atoms with Crippen molar-refractivity contribution in [2.24, 2.45) is 0 Å². The van der Waals surface area contributed by atoms with E-state index in [0.29, 0.717) is 16.3 Å². The minimum absolute atomic E-state index is 0.164. The van der Waals surface area contributed by atoms with Gasteiger partial charge in [0.05, 0.1) is 10.6 Å². The number of benzene rings is 2. The zero-order chi connectivity index (χ0) is 18.8. The average Bonchev–Trinajstić information content (AvgIpc) is 2.49. The molecule has 0 amide bonds. The van der Waals surface area contributed by atoms with Crippen molar-refractivity contribution in [3.05, 3.63) is 53.1 Å². The van der Waals surface area contributed by atoms with Crippen LogP contribution >= 0.6 is 11.6 Å². The third kappa shape index (κ3) is 4.53. The van der Waals surface area contributed by atoms with Gasteiger partial charge in [-0.1, -0.05) is 23.7 Å². The van der Waals surface area contributed by atoms with Gasteiger partial charge in [-0.05, 0) is 35.9 Å². The maximum atomic E-state index is 12.8. The van der Waals surface area contributed by atoms with Gasteiger partial charge in [0.15, 0.2) is 0 Å². The molecule has 1 unspecified atom stereocenters. The van der Waals surface area contributed by atoms with Crippen LogP contribution in [0.2, 0.25) is 5.02 Å². The Balaban J connectivity index is 2.45. The molecule has 10 heteroatoms. The quantitative estimate of drug-likeness (QED) is 0.798. The van der Waals surface area contributed by atoms with Crippen molar-refractivity contribution in [3.63, 3.8) is 0 Å². The molecule has 0 spiro atoms. The molecule has 0 bridgehead atoms. The Morgan fingerprint density at radius 2 is 1.80 bits per heavy atom. The van der Waals surface area contributed by atoms with Crippen LogP contribution in [0.15, 0.2) is 47.4 Å². The van der Waals surface area contributed by atoms with Gasteiger partial charge >= 0.3 is 5.51 Å². The highest BCUT2D eigenvalue weighted by atomic mass is 35.5. The molecule has 1 atom stereocenters. The smallest absolute Gasteiger partial charge is 0.354 e. The second kappa shape index (κ2) is 7.35. The molecule has 136 valence electrons. The van der Waals surface area contributed by atoms with Gasteiger partial charge in [-0.3, -0.25) is 4.21 Å². The second-order valence-electron chi connectivity index (χ2n) is 5.09. The molecule has 0 aliphatic heterocycles. The molecular weight excluding hydrogens is 399 g/mol. The van der Waals surface area contributed by atoms with Crippen LogP contribution in [0, 0.1) is 0 Å².